The van der Waals surface area contributed by atoms with E-state index in [1.807, 2.05) is 14.1 Å². The van der Waals surface area contributed by atoms with E-state index in [2.05, 4.69) is 27.8 Å². The van der Waals surface area contributed by atoms with Gasteiger partial charge in [0.25, 0.3) is 0 Å². The minimum Gasteiger partial charge on any atom is -0.381 e. The summed E-state index contributed by atoms with van der Waals surface area (Å²) >= 11 is 0. The molecule has 5 nitrogen and oxygen atoms in total. The van der Waals surface area contributed by atoms with E-state index < -0.39 is 0 Å². The molecule has 1 aromatic rings. The number of ether oxygens (including phenoxy) is 1. The quantitative estimate of drug-likeness (QED) is 0.720. The average molecular weight is 319 g/mol. The molecule has 0 radical (unpaired) electrons. The first-order chi connectivity index (χ1) is 11.1. The Morgan fingerprint density at radius 3 is 2.87 bits per heavy atom. The van der Waals surface area contributed by atoms with Crippen molar-refractivity contribution in [2.75, 3.05) is 40.4 Å². The lowest BCUT2D eigenvalue weighted by molar-refractivity contribution is -0.130. The molecule has 1 saturated carbocycles. The highest BCUT2D eigenvalue weighted by atomic mass is 16.5. The second-order valence-corrected chi connectivity index (χ2v) is 7.28. The molecule has 1 unspecified atom stereocenters. The number of aromatic nitrogens is 1. The summed E-state index contributed by atoms with van der Waals surface area (Å²) in [7, 11) is 3.65. The Kier molecular flexibility index (Phi) is 5.38. The minimum absolute atomic E-state index is 0.175. The van der Waals surface area contributed by atoms with E-state index in [9.17, 15) is 4.79 Å². The molecule has 0 bridgehead atoms. The number of amides is 1. The first-order valence-corrected chi connectivity index (χ1v) is 8.76. The molecule has 23 heavy (non-hydrogen) atoms. The molecular formula is C18H29N3O2. The lowest BCUT2D eigenvalue weighted by Gasteiger charge is -2.24. The van der Waals surface area contributed by atoms with E-state index in [1.54, 1.807) is 4.90 Å². The Balaban J connectivity index is 1.56. The molecule has 0 aromatic carbocycles. The molecule has 0 saturated heterocycles. The summed E-state index contributed by atoms with van der Waals surface area (Å²) < 4.78 is 8.16. The molecule has 1 fully saturated rings. The van der Waals surface area contributed by atoms with Crippen molar-refractivity contribution >= 4 is 5.91 Å². The maximum absolute atomic E-state index is 12.1. The van der Waals surface area contributed by atoms with Gasteiger partial charge in [-0.1, -0.05) is 0 Å². The molecule has 2 heterocycles. The summed E-state index contributed by atoms with van der Waals surface area (Å²) in [5.74, 6) is 1.54. The van der Waals surface area contributed by atoms with Gasteiger partial charge in [0.05, 0.1) is 6.54 Å². The van der Waals surface area contributed by atoms with Gasteiger partial charge >= 0.3 is 0 Å². The summed E-state index contributed by atoms with van der Waals surface area (Å²) in [5.41, 5.74) is 1.30. The van der Waals surface area contributed by atoms with Crippen LogP contribution in [-0.2, 0) is 22.6 Å². The van der Waals surface area contributed by atoms with E-state index >= 15 is 0 Å². The second kappa shape index (κ2) is 7.49. The summed E-state index contributed by atoms with van der Waals surface area (Å²) in [6.45, 7) is 5.12. The molecule has 0 N–H and O–H groups in total. The van der Waals surface area contributed by atoms with Crippen molar-refractivity contribution in [1.29, 1.82) is 0 Å². The fourth-order valence-electron chi connectivity index (χ4n) is 3.19. The van der Waals surface area contributed by atoms with Gasteiger partial charge in [-0.25, -0.2) is 0 Å². The highest BCUT2D eigenvalue weighted by Crippen LogP contribution is 2.29. The third-order valence-electron chi connectivity index (χ3n) is 4.86. The van der Waals surface area contributed by atoms with Gasteiger partial charge in [0.15, 0.2) is 0 Å². The molecular weight excluding hydrogens is 290 g/mol. The first kappa shape index (κ1) is 16.5. The SMILES string of the molecule is CN(C)C(=O)CN1Cc2cccn2CC(CCOCC2CC2)C1. The van der Waals surface area contributed by atoms with Crippen molar-refractivity contribution in [3.05, 3.63) is 24.0 Å². The van der Waals surface area contributed by atoms with Gasteiger partial charge in [-0.2, -0.15) is 0 Å². The van der Waals surface area contributed by atoms with Crippen LogP contribution in [0.25, 0.3) is 0 Å². The van der Waals surface area contributed by atoms with Gasteiger partial charge in [0.2, 0.25) is 5.91 Å². The molecule has 1 aliphatic heterocycles. The molecule has 1 atom stereocenters. The third-order valence-corrected chi connectivity index (χ3v) is 4.86. The number of carbonyl (C=O) groups excluding carboxylic acids is 1. The van der Waals surface area contributed by atoms with Crippen molar-refractivity contribution in [3.8, 4) is 0 Å². The lowest BCUT2D eigenvalue weighted by Crippen LogP contribution is -2.38. The van der Waals surface area contributed by atoms with Gasteiger partial charge in [-0.3, -0.25) is 9.69 Å². The predicted molar refractivity (Wildman–Crippen MR) is 90.1 cm³/mol. The lowest BCUT2D eigenvalue weighted by atomic mass is 10.1. The van der Waals surface area contributed by atoms with E-state index in [1.165, 1.54) is 18.5 Å². The highest BCUT2D eigenvalue weighted by molar-refractivity contribution is 5.77. The highest BCUT2D eigenvalue weighted by Gasteiger charge is 2.24. The van der Waals surface area contributed by atoms with Crippen LogP contribution in [0, 0.1) is 11.8 Å². The van der Waals surface area contributed by atoms with E-state index in [4.69, 9.17) is 4.74 Å². The number of fused-ring (bicyclic) bond motifs is 1. The largest absolute Gasteiger partial charge is 0.381 e. The molecule has 5 heteroatoms. The molecule has 1 aliphatic carbocycles. The second-order valence-electron chi connectivity index (χ2n) is 7.28. The normalized spacial score (nSPS) is 21.7. The molecule has 0 spiro atoms. The van der Waals surface area contributed by atoms with Crippen LogP contribution in [0.2, 0.25) is 0 Å². The minimum atomic E-state index is 0.175. The van der Waals surface area contributed by atoms with Crippen LogP contribution >= 0.6 is 0 Å². The summed E-state index contributed by atoms with van der Waals surface area (Å²) in [5, 5.41) is 0. The zero-order chi connectivity index (χ0) is 16.2. The van der Waals surface area contributed by atoms with Crippen LogP contribution in [0.4, 0.5) is 0 Å². The third kappa shape index (κ3) is 4.82. The van der Waals surface area contributed by atoms with E-state index in [0.29, 0.717) is 12.5 Å². The summed E-state index contributed by atoms with van der Waals surface area (Å²) in [6, 6.07) is 4.27. The van der Waals surface area contributed by atoms with Gasteiger partial charge in [0, 0.05) is 58.8 Å². The fraction of sp³-hybridized carbons (Fsp3) is 0.722. The number of likely N-dealkylation sites (N-methyl/N-ethyl adjacent to an activating group) is 1. The van der Waals surface area contributed by atoms with Crippen molar-refractivity contribution < 1.29 is 9.53 Å². The molecule has 128 valence electrons. The van der Waals surface area contributed by atoms with Crippen molar-refractivity contribution in [2.45, 2.75) is 32.4 Å². The Morgan fingerprint density at radius 2 is 2.13 bits per heavy atom. The van der Waals surface area contributed by atoms with Crippen LogP contribution in [0.5, 0.6) is 0 Å². The molecule has 3 rings (SSSR count). The zero-order valence-electron chi connectivity index (χ0n) is 14.4. The number of rotatable bonds is 7. The van der Waals surface area contributed by atoms with Gasteiger partial charge in [-0.15, -0.1) is 0 Å². The number of hydrogen-bond donors (Lipinski definition) is 0. The van der Waals surface area contributed by atoms with Crippen LogP contribution < -0.4 is 0 Å². The Hall–Kier alpha value is -1.33. The van der Waals surface area contributed by atoms with Crippen LogP contribution in [0.15, 0.2) is 18.3 Å². The van der Waals surface area contributed by atoms with Gasteiger partial charge in [0.1, 0.15) is 0 Å². The van der Waals surface area contributed by atoms with Crippen molar-refractivity contribution in [1.82, 2.24) is 14.4 Å². The van der Waals surface area contributed by atoms with E-state index in [-0.39, 0.29) is 5.91 Å². The van der Waals surface area contributed by atoms with Crippen LogP contribution in [0.3, 0.4) is 0 Å². The standard InChI is InChI=1S/C18H29N3O2/c1-19(2)18(22)13-20-10-16(7-9-23-14-15-5-6-15)11-21-8-3-4-17(21)12-20/h3-4,8,15-16H,5-7,9-14H2,1-2H3. The van der Waals surface area contributed by atoms with Crippen LogP contribution in [0.1, 0.15) is 25.0 Å². The van der Waals surface area contributed by atoms with E-state index in [0.717, 1.165) is 45.2 Å². The number of nitrogens with zero attached hydrogens (tertiary/aromatic N) is 3. The average Bonchev–Trinajstić information content (AvgIpc) is 3.27. The smallest absolute Gasteiger partial charge is 0.236 e. The maximum atomic E-state index is 12.1. The van der Waals surface area contributed by atoms with Gasteiger partial charge < -0.3 is 14.2 Å². The Labute approximate surface area is 139 Å². The number of hydrogen-bond acceptors (Lipinski definition) is 3. The maximum Gasteiger partial charge on any atom is 0.236 e. The molecule has 2 aliphatic rings. The zero-order valence-corrected chi connectivity index (χ0v) is 14.4. The topological polar surface area (TPSA) is 37.7 Å². The summed E-state index contributed by atoms with van der Waals surface area (Å²) in [4.78, 5) is 16.0. The Morgan fingerprint density at radius 1 is 1.30 bits per heavy atom. The fourth-order valence-corrected chi connectivity index (χ4v) is 3.19. The van der Waals surface area contributed by atoms with Crippen molar-refractivity contribution in [2.24, 2.45) is 11.8 Å². The first-order valence-electron chi connectivity index (χ1n) is 8.76. The molecule has 1 aromatic heterocycles. The predicted octanol–water partition coefficient (Wildman–Crippen LogP) is 1.82. The van der Waals surface area contributed by atoms with Crippen molar-refractivity contribution in [3.63, 3.8) is 0 Å². The molecule has 1 amide bonds. The van der Waals surface area contributed by atoms with Gasteiger partial charge in [-0.05, 0) is 43.2 Å². The van der Waals surface area contributed by atoms with Crippen LogP contribution in [-0.4, -0.2) is 60.7 Å². The monoisotopic (exact) mass is 319 g/mol. The summed E-state index contributed by atoms with van der Waals surface area (Å²) in [6.07, 6.45) is 5.91. The Bertz CT molecular complexity index is 522. The number of carbonyl (C=O) groups is 1.